The average Bonchev–Trinajstić information content (AvgIpc) is 3.00. The van der Waals surface area contributed by atoms with E-state index < -0.39 is 0 Å². The van der Waals surface area contributed by atoms with Crippen molar-refractivity contribution in [3.05, 3.63) is 29.8 Å². The highest BCUT2D eigenvalue weighted by molar-refractivity contribution is 5.37. The van der Waals surface area contributed by atoms with Gasteiger partial charge < -0.3 is 10.1 Å². The van der Waals surface area contributed by atoms with Gasteiger partial charge in [0.05, 0.1) is 0 Å². The first-order valence-corrected chi connectivity index (χ1v) is 7.59. The SMILES string of the molecule is c1ccc2c(c1)CC(CN1CC3CCCNC3C1)O2. The predicted octanol–water partition coefficient (Wildman–Crippen LogP) is 1.67. The van der Waals surface area contributed by atoms with E-state index in [4.69, 9.17) is 4.74 Å². The van der Waals surface area contributed by atoms with E-state index in [1.165, 1.54) is 38.0 Å². The summed E-state index contributed by atoms with van der Waals surface area (Å²) < 4.78 is 6.06. The standard InChI is InChI=1S/C16H22N2O/c1-2-6-16-12(4-1)8-14(19-16)10-18-9-13-5-3-7-17-15(13)11-18/h1-2,4,6,13-15,17H,3,5,7-11H2. The lowest BCUT2D eigenvalue weighted by atomic mass is 9.94. The van der Waals surface area contributed by atoms with Crippen molar-refractivity contribution in [1.82, 2.24) is 10.2 Å². The highest BCUT2D eigenvalue weighted by Crippen LogP contribution is 2.30. The number of nitrogens with one attached hydrogen (secondary N) is 1. The summed E-state index contributed by atoms with van der Waals surface area (Å²) in [5.74, 6) is 1.97. The number of para-hydroxylation sites is 1. The Kier molecular flexibility index (Phi) is 2.97. The van der Waals surface area contributed by atoms with E-state index in [1.807, 2.05) is 0 Å². The van der Waals surface area contributed by atoms with Crippen LogP contribution in [0.25, 0.3) is 0 Å². The van der Waals surface area contributed by atoms with Crippen LogP contribution in [-0.2, 0) is 6.42 Å². The predicted molar refractivity (Wildman–Crippen MR) is 75.5 cm³/mol. The van der Waals surface area contributed by atoms with Gasteiger partial charge in [0.1, 0.15) is 11.9 Å². The molecule has 19 heavy (non-hydrogen) atoms. The van der Waals surface area contributed by atoms with E-state index in [0.717, 1.165) is 30.7 Å². The first kappa shape index (κ1) is 11.7. The van der Waals surface area contributed by atoms with Crippen LogP contribution in [0.3, 0.4) is 0 Å². The van der Waals surface area contributed by atoms with Gasteiger partial charge in [0.15, 0.2) is 0 Å². The molecule has 0 spiro atoms. The van der Waals surface area contributed by atoms with Crippen LogP contribution in [0.5, 0.6) is 5.75 Å². The second-order valence-electron chi connectivity index (χ2n) is 6.23. The van der Waals surface area contributed by atoms with Crippen LogP contribution in [-0.4, -0.2) is 43.2 Å². The first-order chi connectivity index (χ1) is 9.38. The normalized spacial score (nSPS) is 33.8. The van der Waals surface area contributed by atoms with Crippen molar-refractivity contribution in [2.75, 3.05) is 26.2 Å². The molecule has 2 saturated heterocycles. The number of ether oxygens (including phenoxy) is 1. The van der Waals surface area contributed by atoms with Crippen molar-refractivity contribution >= 4 is 0 Å². The summed E-state index contributed by atoms with van der Waals surface area (Å²) in [7, 11) is 0. The highest BCUT2D eigenvalue weighted by atomic mass is 16.5. The zero-order valence-electron chi connectivity index (χ0n) is 11.3. The van der Waals surface area contributed by atoms with E-state index >= 15 is 0 Å². The number of rotatable bonds is 2. The van der Waals surface area contributed by atoms with Crippen LogP contribution in [0.15, 0.2) is 24.3 Å². The van der Waals surface area contributed by atoms with Crippen LogP contribution >= 0.6 is 0 Å². The highest BCUT2D eigenvalue weighted by Gasteiger charge is 2.36. The molecule has 1 N–H and O–H groups in total. The summed E-state index contributed by atoms with van der Waals surface area (Å²) in [5, 5.41) is 3.67. The fourth-order valence-corrected chi connectivity index (χ4v) is 3.93. The summed E-state index contributed by atoms with van der Waals surface area (Å²) in [6, 6.07) is 9.20. The van der Waals surface area contributed by atoms with Crippen LogP contribution in [0.1, 0.15) is 18.4 Å². The Morgan fingerprint density at radius 1 is 1.26 bits per heavy atom. The first-order valence-electron chi connectivity index (χ1n) is 7.59. The molecule has 3 aliphatic heterocycles. The Hall–Kier alpha value is -1.06. The minimum atomic E-state index is 0.359. The third-order valence-electron chi connectivity index (χ3n) is 4.85. The lowest BCUT2D eigenvalue weighted by molar-refractivity contribution is 0.165. The molecule has 1 aromatic rings. The molecule has 3 unspecified atom stereocenters. The number of likely N-dealkylation sites (tertiary alicyclic amines) is 1. The number of piperidine rings is 1. The Balaban J connectivity index is 1.37. The molecule has 2 fully saturated rings. The van der Waals surface area contributed by atoms with Gasteiger partial charge in [0.25, 0.3) is 0 Å². The summed E-state index contributed by atoms with van der Waals surface area (Å²) in [4.78, 5) is 2.60. The second kappa shape index (κ2) is 4.80. The van der Waals surface area contributed by atoms with E-state index in [2.05, 4.69) is 34.5 Å². The zero-order chi connectivity index (χ0) is 12.7. The van der Waals surface area contributed by atoms with Crippen molar-refractivity contribution in [3.8, 4) is 5.75 Å². The summed E-state index contributed by atoms with van der Waals surface area (Å²) >= 11 is 0. The third-order valence-corrected chi connectivity index (χ3v) is 4.85. The summed E-state index contributed by atoms with van der Waals surface area (Å²) in [6.45, 7) is 4.76. The third kappa shape index (κ3) is 2.26. The number of benzene rings is 1. The molecule has 1 aromatic carbocycles. The Bertz CT molecular complexity index is 423. The second-order valence-corrected chi connectivity index (χ2v) is 6.23. The molecule has 3 aliphatic rings. The van der Waals surface area contributed by atoms with Gasteiger partial charge in [-0.15, -0.1) is 0 Å². The topological polar surface area (TPSA) is 24.5 Å². The number of fused-ring (bicyclic) bond motifs is 2. The molecule has 0 aromatic heterocycles. The van der Waals surface area contributed by atoms with Crippen LogP contribution in [0, 0.1) is 5.92 Å². The van der Waals surface area contributed by atoms with Crippen LogP contribution < -0.4 is 10.1 Å². The minimum Gasteiger partial charge on any atom is -0.488 e. The monoisotopic (exact) mass is 258 g/mol. The molecule has 0 saturated carbocycles. The molecule has 0 radical (unpaired) electrons. The van der Waals surface area contributed by atoms with Gasteiger partial charge in [-0.3, -0.25) is 4.90 Å². The molecule has 4 rings (SSSR count). The maximum atomic E-state index is 6.06. The molecular formula is C16H22N2O. The van der Waals surface area contributed by atoms with Gasteiger partial charge >= 0.3 is 0 Å². The molecule has 3 atom stereocenters. The van der Waals surface area contributed by atoms with E-state index in [9.17, 15) is 0 Å². The van der Waals surface area contributed by atoms with E-state index in [0.29, 0.717) is 6.10 Å². The van der Waals surface area contributed by atoms with Gasteiger partial charge in [-0.05, 0) is 36.9 Å². The largest absolute Gasteiger partial charge is 0.488 e. The van der Waals surface area contributed by atoms with Gasteiger partial charge in [-0.2, -0.15) is 0 Å². The Morgan fingerprint density at radius 3 is 3.11 bits per heavy atom. The maximum absolute atomic E-state index is 6.06. The van der Waals surface area contributed by atoms with Crippen molar-refractivity contribution in [3.63, 3.8) is 0 Å². The van der Waals surface area contributed by atoms with Gasteiger partial charge in [0, 0.05) is 32.1 Å². The van der Waals surface area contributed by atoms with Gasteiger partial charge in [0.2, 0.25) is 0 Å². The van der Waals surface area contributed by atoms with E-state index in [-0.39, 0.29) is 0 Å². The van der Waals surface area contributed by atoms with Crippen LogP contribution in [0.2, 0.25) is 0 Å². The summed E-state index contributed by atoms with van der Waals surface area (Å²) in [5.41, 5.74) is 1.38. The van der Waals surface area contributed by atoms with Crippen molar-refractivity contribution in [1.29, 1.82) is 0 Å². The van der Waals surface area contributed by atoms with Crippen LogP contribution in [0.4, 0.5) is 0 Å². The fourth-order valence-electron chi connectivity index (χ4n) is 3.93. The maximum Gasteiger partial charge on any atom is 0.123 e. The quantitative estimate of drug-likeness (QED) is 0.873. The molecule has 0 bridgehead atoms. The minimum absolute atomic E-state index is 0.359. The van der Waals surface area contributed by atoms with Crippen molar-refractivity contribution in [2.24, 2.45) is 5.92 Å². The fraction of sp³-hybridized carbons (Fsp3) is 0.625. The number of hydrogen-bond donors (Lipinski definition) is 1. The molecular weight excluding hydrogens is 236 g/mol. The Morgan fingerprint density at radius 2 is 2.21 bits per heavy atom. The molecule has 3 heteroatoms. The number of nitrogens with zero attached hydrogens (tertiary/aromatic N) is 1. The van der Waals surface area contributed by atoms with Gasteiger partial charge in [-0.1, -0.05) is 18.2 Å². The van der Waals surface area contributed by atoms with Crippen molar-refractivity contribution < 1.29 is 4.74 Å². The molecule has 3 heterocycles. The summed E-state index contributed by atoms with van der Waals surface area (Å²) in [6.07, 6.45) is 4.19. The average molecular weight is 258 g/mol. The van der Waals surface area contributed by atoms with Crippen molar-refractivity contribution in [2.45, 2.75) is 31.4 Å². The van der Waals surface area contributed by atoms with Gasteiger partial charge in [-0.25, -0.2) is 0 Å². The molecule has 3 nitrogen and oxygen atoms in total. The molecule has 0 amide bonds. The zero-order valence-corrected chi connectivity index (χ0v) is 11.3. The molecule has 0 aliphatic carbocycles. The molecule has 102 valence electrons. The smallest absolute Gasteiger partial charge is 0.123 e. The number of hydrogen-bond acceptors (Lipinski definition) is 3. The lowest BCUT2D eigenvalue weighted by Gasteiger charge is -2.24. The Labute approximate surface area is 114 Å². The van der Waals surface area contributed by atoms with E-state index in [1.54, 1.807) is 0 Å². The lowest BCUT2D eigenvalue weighted by Crippen LogP contribution is -2.41.